The molecule has 0 radical (unpaired) electrons. The molecule has 0 aromatic heterocycles. The molecule has 0 saturated carbocycles. The van der Waals surface area contributed by atoms with Crippen LogP contribution in [0.2, 0.25) is 0 Å². The normalized spacial score (nSPS) is 29.7. The molecule has 2 unspecified atom stereocenters. The van der Waals surface area contributed by atoms with Crippen LogP contribution in [-0.4, -0.2) is 30.2 Å². The van der Waals surface area contributed by atoms with E-state index < -0.39 is 0 Å². The van der Waals surface area contributed by atoms with Gasteiger partial charge in [-0.3, -0.25) is 0 Å². The smallest absolute Gasteiger partial charge is 0.410 e. The van der Waals surface area contributed by atoms with Crippen molar-refractivity contribution in [3.63, 3.8) is 0 Å². The zero-order chi connectivity index (χ0) is 10.8. The molecule has 0 spiro atoms. The Labute approximate surface area is 91.1 Å². The number of rotatable bonds is 1. The number of nitrogens with zero attached hydrogens (tertiary/aromatic N) is 1. The minimum atomic E-state index is -0.125. The molecule has 0 aromatic rings. The minimum Gasteiger partial charge on any atom is -0.450 e. The third kappa shape index (κ3) is 1.87. The standard InChI is InChI=1S/C12H19NO2/c1-3-15-12(14)13-8-7-10-9(2)5-4-6-11(10)13/h5,10-11H,3-4,6-8H2,1-2H3. The first-order valence-corrected chi connectivity index (χ1v) is 5.84. The summed E-state index contributed by atoms with van der Waals surface area (Å²) in [5.74, 6) is 0.586. The Hall–Kier alpha value is -0.990. The van der Waals surface area contributed by atoms with Crippen molar-refractivity contribution in [2.75, 3.05) is 13.2 Å². The van der Waals surface area contributed by atoms with Crippen LogP contribution in [0.1, 0.15) is 33.1 Å². The van der Waals surface area contributed by atoms with Crippen LogP contribution in [-0.2, 0) is 4.74 Å². The molecule has 1 saturated heterocycles. The van der Waals surface area contributed by atoms with Gasteiger partial charge in [-0.2, -0.15) is 0 Å². The number of hydrogen-bond donors (Lipinski definition) is 0. The lowest BCUT2D eigenvalue weighted by Crippen LogP contribution is -2.39. The number of hydrogen-bond acceptors (Lipinski definition) is 2. The van der Waals surface area contributed by atoms with E-state index in [1.54, 1.807) is 0 Å². The highest BCUT2D eigenvalue weighted by Gasteiger charge is 2.39. The summed E-state index contributed by atoms with van der Waals surface area (Å²) in [6, 6.07) is 0.397. The summed E-state index contributed by atoms with van der Waals surface area (Å²) >= 11 is 0. The second kappa shape index (κ2) is 4.25. The molecule has 0 aromatic carbocycles. The van der Waals surface area contributed by atoms with E-state index in [0.29, 0.717) is 18.6 Å². The second-order valence-corrected chi connectivity index (χ2v) is 4.38. The van der Waals surface area contributed by atoms with Crippen LogP contribution in [0.4, 0.5) is 4.79 Å². The Morgan fingerprint density at radius 1 is 1.60 bits per heavy atom. The van der Waals surface area contributed by atoms with Gasteiger partial charge in [-0.1, -0.05) is 11.6 Å². The molecule has 2 aliphatic rings. The predicted molar refractivity (Wildman–Crippen MR) is 58.6 cm³/mol. The fourth-order valence-corrected chi connectivity index (χ4v) is 2.81. The molecule has 0 bridgehead atoms. The van der Waals surface area contributed by atoms with Crippen LogP contribution >= 0.6 is 0 Å². The topological polar surface area (TPSA) is 29.5 Å². The molecule has 0 N–H and O–H groups in total. The third-order valence-corrected chi connectivity index (χ3v) is 3.56. The molecule has 1 fully saturated rings. The Balaban J connectivity index is 2.06. The first kappa shape index (κ1) is 10.5. The van der Waals surface area contributed by atoms with Gasteiger partial charge in [0.25, 0.3) is 0 Å². The van der Waals surface area contributed by atoms with Gasteiger partial charge in [0.15, 0.2) is 0 Å². The summed E-state index contributed by atoms with van der Waals surface area (Å²) in [7, 11) is 0. The van der Waals surface area contributed by atoms with Crippen molar-refractivity contribution in [3.8, 4) is 0 Å². The van der Waals surface area contributed by atoms with Gasteiger partial charge in [0, 0.05) is 18.5 Å². The second-order valence-electron chi connectivity index (χ2n) is 4.38. The molecular formula is C12H19NO2. The van der Waals surface area contributed by atoms with Crippen molar-refractivity contribution in [1.29, 1.82) is 0 Å². The Morgan fingerprint density at radius 3 is 3.13 bits per heavy atom. The fourth-order valence-electron chi connectivity index (χ4n) is 2.81. The zero-order valence-corrected chi connectivity index (χ0v) is 9.53. The van der Waals surface area contributed by atoms with Crippen molar-refractivity contribution in [2.24, 2.45) is 5.92 Å². The van der Waals surface area contributed by atoms with Crippen molar-refractivity contribution >= 4 is 6.09 Å². The molecular weight excluding hydrogens is 190 g/mol. The molecule has 1 heterocycles. The summed E-state index contributed by atoms with van der Waals surface area (Å²) in [5, 5.41) is 0. The molecule has 2 rings (SSSR count). The number of fused-ring (bicyclic) bond motifs is 1. The largest absolute Gasteiger partial charge is 0.450 e. The number of ether oxygens (including phenoxy) is 1. The lowest BCUT2D eigenvalue weighted by Gasteiger charge is -2.30. The van der Waals surface area contributed by atoms with Crippen LogP contribution in [0.5, 0.6) is 0 Å². The number of likely N-dealkylation sites (tertiary alicyclic amines) is 1. The Morgan fingerprint density at radius 2 is 2.40 bits per heavy atom. The van der Waals surface area contributed by atoms with E-state index in [2.05, 4.69) is 13.0 Å². The van der Waals surface area contributed by atoms with Crippen LogP contribution < -0.4 is 0 Å². The van der Waals surface area contributed by atoms with Gasteiger partial charge in [0.2, 0.25) is 0 Å². The highest BCUT2D eigenvalue weighted by molar-refractivity contribution is 5.68. The predicted octanol–water partition coefficient (Wildman–Crippen LogP) is 2.57. The van der Waals surface area contributed by atoms with E-state index in [1.807, 2.05) is 11.8 Å². The summed E-state index contributed by atoms with van der Waals surface area (Å²) in [4.78, 5) is 13.6. The van der Waals surface area contributed by atoms with Gasteiger partial charge in [0.05, 0.1) is 6.61 Å². The SMILES string of the molecule is CCOC(=O)N1CCC2C(C)=CCCC21. The van der Waals surface area contributed by atoms with Crippen molar-refractivity contribution in [1.82, 2.24) is 4.90 Å². The molecule has 84 valence electrons. The summed E-state index contributed by atoms with van der Waals surface area (Å²) in [5.41, 5.74) is 1.46. The first-order valence-electron chi connectivity index (χ1n) is 5.84. The van der Waals surface area contributed by atoms with Gasteiger partial charge in [-0.15, -0.1) is 0 Å². The number of amides is 1. The lowest BCUT2D eigenvalue weighted by molar-refractivity contribution is 0.0977. The summed E-state index contributed by atoms with van der Waals surface area (Å²) in [6.07, 6.45) is 5.49. The number of carbonyl (C=O) groups excluding carboxylic acids is 1. The fraction of sp³-hybridized carbons (Fsp3) is 0.750. The van der Waals surface area contributed by atoms with E-state index >= 15 is 0 Å². The lowest BCUT2D eigenvalue weighted by atomic mass is 9.85. The monoisotopic (exact) mass is 209 g/mol. The van der Waals surface area contributed by atoms with E-state index in [1.165, 1.54) is 5.57 Å². The van der Waals surface area contributed by atoms with Crippen molar-refractivity contribution in [3.05, 3.63) is 11.6 Å². The minimum absolute atomic E-state index is 0.125. The van der Waals surface area contributed by atoms with E-state index in [-0.39, 0.29) is 6.09 Å². The van der Waals surface area contributed by atoms with Crippen LogP contribution in [0.15, 0.2) is 11.6 Å². The van der Waals surface area contributed by atoms with Crippen molar-refractivity contribution < 1.29 is 9.53 Å². The Bertz CT molecular complexity index is 285. The van der Waals surface area contributed by atoms with E-state index in [9.17, 15) is 4.79 Å². The molecule has 2 atom stereocenters. The Kier molecular flexibility index (Phi) is 2.98. The highest BCUT2D eigenvalue weighted by atomic mass is 16.6. The van der Waals surface area contributed by atoms with Gasteiger partial charge in [0.1, 0.15) is 0 Å². The van der Waals surface area contributed by atoms with Crippen molar-refractivity contribution in [2.45, 2.75) is 39.2 Å². The maximum Gasteiger partial charge on any atom is 0.410 e. The summed E-state index contributed by atoms with van der Waals surface area (Å²) in [6.45, 7) is 5.38. The quantitative estimate of drug-likeness (QED) is 0.621. The summed E-state index contributed by atoms with van der Waals surface area (Å²) < 4.78 is 5.08. The molecule has 15 heavy (non-hydrogen) atoms. The van der Waals surface area contributed by atoms with Crippen LogP contribution in [0.3, 0.4) is 0 Å². The maximum atomic E-state index is 11.7. The number of allylic oxidation sites excluding steroid dienone is 1. The average Bonchev–Trinajstić information content (AvgIpc) is 2.63. The molecule has 1 aliphatic heterocycles. The highest BCUT2D eigenvalue weighted by Crippen LogP contribution is 2.36. The van der Waals surface area contributed by atoms with Gasteiger partial charge in [-0.25, -0.2) is 4.79 Å². The van der Waals surface area contributed by atoms with E-state index in [0.717, 1.165) is 25.8 Å². The van der Waals surface area contributed by atoms with Crippen LogP contribution in [0.25, 0.3) is 0 Å². The number of carbonyl (C=O) groups is 1. The van der Waals surface area contributed by atoms with Gasteiger partial charge >= 0.3 is 6.09 Å². The molecule has 1 aliphatic carbocycles. The molecule has 3 nitrogen and oxygen atoms in total. The molecule has 1 amide bonds. The first-order chi connectivity index (χ1) is 7.24. The zero-order valence-electron chi connectivity index (χ0n) is 9.53. The third-order valence-electron chi connectivity index (χ3n) is 3.56. The van der Waals surface area contributed by atoms with E-state index in [4.69, 9.17) is 4.74 Å². The van der Waals surface area contributed by atoms with Crippen LogP contribution in [0, 0.1) is 5.92 Å². The van der Waals surface area contributed by atoms with Gasteiger partial charge in [-0.05, 0) is 33.1 Å². The molecule has 3 heteroatoms. The maximum absolute atomic E-state index is 11.7. The van der Waals surface area contributed by atoms with Gasteiger partial charge < -0.3 is 9.64 Å². The average molecular weight is 209 g/mol.